The highest BCUT2D eigenvalue weighted by atomic mass is 127. The van der Waals surface area contributed by atoms with Crippen LogP contribution in [-0.4, -0.2) is 22.7 Å². The molecule has 94 valence electrons. The Labute approximate surface area is 127 Å². The summed E-state index contributed by atoms with van der Waals surface area (Å²) in [6.07, 6.45) is 0.883. The molecule has 0 aliphatic heterocycles. The van der Waals surface area contributed by atoms with Crippen molar-refractivity contribution >= 4 is 73.0 Å². The summed E-state index contributed by atoms with van der Waals surface area (Å²) in [5.41, 5.74) is 0.0193. The first kappa shape index (κ1) is 15.5. The lowest BCUT2D eigenvalue weighted by atomic mass is 10.1. The minimum Gasteiger partial charge on any atom is -0.290 e. The van der Waals surface area contributed by atoms with E-state index in [9.17, 15) is 13.2 Å². The number of alkyl halides is 2. The molecular weight excluding hydrogens is 421 g/mol. The molecule has 0 aliphatic rings. The van der Waals surface area contributed by atoms with Crippen molar-refractivity contribution in [2.75, 3.05) is 6.26 Å². The van der Waals surface area contributed by atoms with Crippen molar-refractivity contribution in [3.63, 3.8) is 0 Å². The van der Waals surface area contributed by atoms with Crippen molar-refractivity contribution < 1.29 is 13.2 Å². The average Bonchev–Trinajstić information content (AvgIpc) is 2.14. The van der Waals surface area contributed by atoms with E-state index in [1.807, 2.05) is 0 Å². The first-order valence-electron chi connectivity index (χ1n) is 4.14. The molecule has 17 heavy (non-hydrogen) atoms. The highest BCUT2D eigenvalue weighted by Crippen LogP contribution is 2.36. The predicted molar refractivity (Wildman–Crippen MR) is 78.2 cm³/mol. The van der Waals surface area contributed by atoms with Gasteiger partial charge in [-0.15, -0.1) is 0 Å². The van der Waals surface area contributed by atoms with Gasteiger partial charge in [-0.05, 0) is 40.8 Å². The summed E-state index contributed by atoms with van der Waals surface area (Å²) >= 11 is 18.6. The normalized spacial score (nSPS) is 15.4. The summed E-state index contributed by atoms with van der Waals surface area (Å²) in [5.74, 6) is -0.788. The van der Waals surface area contributed by atoms with E-state index >= 15 is 0 Å². The minimum absolute atomic E-state index is 0.0193. The topological polar surface area (TPSA) is 51.2 Å². The van der Waals surface area contributed by atoms with Crippen LogP contribution < -0.4 is 0 Å². The van der Waals surface area contributed by atoms with Crippen LogP contribution in [0.3, 0.4) is 0 Å². The number of rotatable bonds is 3. The average molecular weight is 427 g/mol. The van der Waals surface area contributed by atoms with E-state index in [0.29, 0.717) is 5.02 Å². The second kappa shape index (κ2) is 5.21. The van der Waals surface area contributed by atoms with E-state index in [0.717, 1.165) is 6.26 Å². The third-order valence-electron chi connectivity index (χ3n) is 1.91. The van der Waals surface area contributed by atoms with Crippen LogP contribution in [0.25, 0.3) is 0 Å². The lowest BCUT2D eigenvalue weighted by Gasteiger charge is -2.17. The molecule has 0 saturated heterocycles. The van der Waals surface area contributed by atoms with Crippen LogP contribution in [0, 0.1) is 0 Å². The van der Waals surface area contributed by atoms with Crippen LogP contribution >= 0.6 is 57.4 Å². The maximum absolute atomic E-state index is 12.0. The van der Waals surface area contributed by atoms with Crippen LogP contribution in [-0.2, 0) is 9.84 Å². The van der Waals surface area contributed by atoms with Gasteiger partial charge in [-0.2, -0.15) is 0 Å². The van der Waals surface area contributed by atoms with Crippen LogP contribution in [0.4, 0.5) is 0 Å². The smallest absolute Gasteiger partial charge is 0.257 e. The molecule has 0 spiro atoms. The lowest BCUT2D eigenvalue weighted by molar-refractivity contribution is 0.100. The van der Waals surface area contributed by atoms with E-state index in [1.54, 1.807) is 0 Å². The van der Waals surface area contributed by atoms with E-state index in [1.165, 1.54) is 40.8 Å². The fraction of sp³-hybridized carbons (Fsp3) is 0.222. The molecule has 0 amide bonds. The van der Waals surface area contributed by atoms with Crippen LogP contribution in [0.2, 0.25) is 10.0 Å². The fourth-order valence-corrected chi connectivity index (χ4v) is 2.33. The van der Waals surface area contributed by atoms with E-state index in [4.69, 9.17) is 34.8 Å². The molecule has 1 rings (SSSR count). The third-order valence-corrected chi connectivity index (χ3v) is 7.47. The number of Topliss-reactive ketones (excluding diaryl/α,β-unsaturated/α-hetero) is 1. The quantitative estimate of drug-likeness (QED) is 0.421. The Hall–Kier alpha value is 0.440. The molecule has 0 saturated carbocycles. The first-order chi connectivity index (χ1) is 7.57. The minimum atomic E-state index is -3.77. The van der Waals surface area contributed by atoms with Gasteiger partial charge in [0.2, 0.25) is 5.78 Å². The Morgan fingerprint density at radius 2 is 1.88 bits per heavy atom. The van der Waals surface area contributed by atoms with Gasteiger partial charge in [-0.3, -0.25) is 4.79 Å². The van der Waals surface area contributed by atoms with Crippen molar-refractivity contribution in [3.8, 4) is 0 Å². The molecular formula is C9H6Cl3IO3S. The van der Waals surface area contributed by atoms with Gasteiger partial charge in [0.15, 0.2) is 9.84 Å². The monoisotopic (exact) mass is 426 g/mol. The Bertz CT molecular complexity index is 569. The molecule has 0 unspecified atom stereocenters. The van der Waals surface area contributed by atoms with Crippen molar-refractivity contribution in [3.05, 3.63) is 33.8 Å². The van der Waals surface area contributed by atoms with E-state index in [-0.39, 0.29) is 10.6 Å². The number of ketones is 1. The summed E-state index contributed by atoms with van der Waals surface area (Å²) < 4.78 is 20.8. The Balaban J connectivity index is 3.32. The van der Waals surface area contributed by atoms with Crippen LogP contribution in [0.15, 0.2) is 18.2 Å². The Morgan fingerprint density at radius 3 is 2.29 bits per heavy atom. The van der Waals surface area contributed by atoms with Crippen molar-refractivity contribution in [1.29, 1.82) is 0 Å². The number of benzene rings is 1. The zero-order valence-electron chi connectivity index (χ0n) is 8.38. The highest BCUT2D eigenvalue weighted by Gasteiger charge is 2.44. The van der Waals surface area contributed by atoms with E-state index in [2.05, 4.69) is 0 Å². The molecule has 0 radical (unpaired) electrons. The molecule has 1 aromatic carbocycles. The van der Waals surface area contributed by atoms with Gasteiger partial charge in [0, 0.05) is 16.8 Å². The number of carbonyl (C=O) groups excluding carboxylic acids is 1. The second-order valence-corrected chi connectivity index (χ2v) is 10.0. The maximum atomic E-state index is 12.0. The fourth-order valence-electron chi connectivity index (χ4n) is 0.999. The maximum Gasteiger partial charge on any atom is 0.257 e. The zero-order valence-corrected chi connectivity index (χ0v) is 13.6. The van der Waals surface area contributed by atoms with Crippen LogP contribution in [0.1, 0.15) is 10.4 Å². The van der Waals surface area contributed by atoms with Crippen molar-refractivity contribution in [2.45, 2.75) is 2.21 Å². The number of hydrogen-bond donors (Lipinski definition) is 0. The number of hydrogen-bond acceptors (Lipinski definition) is 3. The van der Waals surface area contributed by atoms with Crippen LogP contribution in [0.5, 0.6) is 0 Å². The van der Waals surface area contributed by atoms with Gasteiger partial charge in [0.1, 0.15) is 0 Å². The molecule has 0 aliphatic carbocycles. The number of sulfone groups is 1. The molecule has 0 fully saturated rings. The summed E-state index contributed by atoms with van der Waals surface area (Å²) in [6, 6.07) is 4.13. The van der Waals surface area contributed by atoms with Crippen molar-refractivity contribution in [2.24, 2.45) is 0 Å². The third kappa shape index (κ3) is 3.26. The summed E-state index contributed by atoms with van der Waals surface area (Å²) in [7, 11) is -3.77. The van der Waals surface area contributed by atoms with Gasteiger partial charge >= 0.3 is 0 Å². The van der Waals surface area contributed by atoms with Gasteiger partial charge in [-0.25, -0.2) is 8.42 Å². The van der Waals surface area contributed by atoms with Gasteiger partial charge < -0.3 is 0 Å². The molecule has 0 heterocycles. The van der Waals surface area contributed by atoms with Crippen molar-refractivity contribution in [1.82, 2.24) is 0 Å². The second-order valence-electron chi connectivity index (χ2n) is 3.24. The highest BCUT2D eigenvalue weighted by molar-refractivity contribution is 14.1. The van der Waals surface area contributed by atoms with Gasteiger partial charge in [0.05, 0.1) is 5.02 Å². The predicted octanol–water partition coefficient (Wildman–Crippen LogP) is 3.55. The summed E-state index contributed by atoms with van der Waals surface area (Å²) in [4.78, 5) is 12.0. The summed E-state index contributed by atoms with van der Waals surface area (Å²) in [5, 5.41) is 0.410. The van der Waals surface area contributed by atoms with Gasteiger partial charge in [0.25, 0.3) is 2.21 Å². The molecule has 1 atom stereocenters. The number of halogens is 4. The number of carbonyl (C=O) groups is 1. The van der Waals surface area contributed by atoms with Gasteiger partial charge in [-0.1, -0.05) is 34.8 Å². The molecule has 0 N–H and O–H groups in total. The first-order valence-corrected chi connectivity index (χ1v) is 8.25. The molecule has 3 nitrogen and oxygen atoms in total. The molecule has 1 aromatic rings. The largest absolute Gasteiger partial charge is 0.290 e. The molecule has 0 bridgehead atoms. The Kier molecular flexibility index (Phi) is 4.75. The standard InChI is InChI=1S/C9H6Cl3IO3S/c1-17(15,16)9(12,13)8(14)6-3-2-5(10)4-7(6)11/h2-4H,1H3/t9-/m0/s1. The van der Waals surface area contributed by atoms with E-state index < -0.39 is 17.8 Å². The SMILES string of the molecule is CS(=O)(=O)[C@@](Cl)(I)C(=O)c1ccc(Cl)cc1Cl. The zero-order chi connectivity index (χ0) is 13.4. The molecule has 8 heteroatoms. The molecule has 0 aromatic heterocycles. The lowest BCUT2D eigenvalue weighted by Crippen LogP contribution is -2.34. The Morgan fingerprint density at radius 1 is 1.35 bits per heavy atom. The summed E-state index contributed by atoms with van der Waals surface area (Å²) in [6.45, 7) is 0.